The molecule has 0 heterocycles. The molecule has 0 aliphatic heterocycles. The molecular formula is C29H55KO7S. The molecule has 0 aliphatic rings. The van der Waals surface area contributed by atoms with Crippen LogP contribution in [-0.4, -0.2) is 29.9 Å². The minimum absolute atomic E-state index is 0. The Bertz CT molecular complexity index is 509. The molecule has 7 nitrogen and oxygen atoms in total. The van der Waals surface area contributed by atoms with Gasteiger partial charge in [-0.25, -0.2) is 0 Å². The van der Waals surface area contributed by atoms with Gasteiger partial charge in [0.2, 0.25) is 0 Å². The van der Waals surface area contributed by atoms with Gasteiger partial charge in [-0.3, -0.25) is 14.6 Å². The van der Waals surface area contributed by atoms with E-state index in [0.717, 1.165) is 57.8 Å². The largest absolute Gasteiger partial charge is 1.00 e. The van der Waals surface area contributed by atoms with Crippen LogP contribution < -0.4 is 56.6 Å². The van der Waals surface area contributed by atoms with E-state index >= 15 is 0 Å². The van der Waals surface area contributed by atoms with Crippen molar-refractivity contribution < 1.29 is 85.1 Å². The molecule has 0 rings (SSSR count). The molecule has 0 aromatic rings. The first kappa shape index (κ1) is 40.9. The number of ether oxygens (including phenoxy) is 2. The van der Waals surface area contributed by atoms with Crippen molar-refractivity contribution in [1.82, 2.24) is 0 Å². The second-order valence-electron chi connectivity index (χ2n) is 10.1. The topological polar surface area (TPSA) is 94.1 Å². The van der Waals surface area contributed by atoms with Crippen LogP contribution in [0, 0.1) is 0 Å². The summed E-state index contributed by atoms with van der Waals surface area (Å²) >= 11 is 0.518. The second-order valence-corrected chi connectivity index (χ2v) is 11.0. The van der Waals surface area contributed by atoms with Gasteiger partial charge in [-0.2, -0.15) is 4.33 Å². The maximum absolute atomic E-state index is 12.9. The zero-order chi connectivity index (χ0) is 27.4. The van der Waals surface area contributed by atoms with Crippen molar-refractivity contribution in [2.45, 2.75) is 167 Å². The number of rotatable bonds is 28. The first-order chi connectivity index (χ1) is 18.1. The van der Waals surface area contributed by atoms with Crippen LogP contribution in [-0.2, 0) is 28.4 Å². The molecule has 0 aromatic carbocycles. The van der Waals surface area contributed by atoms with Gasteiger partial charge in [-0.05, 0) is 32.1 Å². The fraction of sp³-hybridized carbons (Fsp3) is 0.931. The Morgan fingerprint density at radius 2 is 1.13 bits per heavy atom. The maximum atomic E-state index is 12.9. The molecule has 0 spiro atoms. The zero-order valence-electron chi connectivity index (χ0n) is 25.0. The Balaban J connectivity index is 0. The second kappa shape index (κ2) is 32.3. The SMILES string of the molecule is CCCCCCCCOC(=O)CC(SOO[O-])C(=O)OC(CCCCCCCC)CCCCCCCC.[K+]. The van der Waals surface area contributed by atoms with E-state index in [1.807, 2.05) is 0 Å². The summed E-state index contributed by atoms with van der Waals surface area (Å²) in [7, 11) is 0. The van der Waals surface area contributed by atoms with Crippen molar-refractivity contribution in [2.75, 3.05) is 6.61 Å². The Labute approximate surface area is 280 Å². The molecule has 0 N–H and O–H groups in total. The van der Waals surface area contributed by atoms with Crippen molar-refractivity contribution in [2.24, 2.45) is 0 Å². The molecule has 0 amide bonds. The molecule has 0 aromatic heterocycles. The van der Waals surface area contributed by atoms with Gasteiger partial charge in [-0.1, -0.05) is 117 Å². The van der Waals surface area contributed by atoms with Crippen LogP contribution in [0.4, 0.5) is 0 Å². The third-order valence-electron chi connectivity index (χ3n) is 6.60. The average Bonchev–Trinajstić information content (AvgIpc) is 2.89. The van der Waals surface area contributed by atoms with Crippen LogP contribution in [0.3, 0.4) is 0 Å². The number of hydrogen-bond acceptors (Lipinski definition) is 8. The fourth-order valence-corrected chi connectivity index (χ4v) is 4.77. The Kier molecular flexibility index (Phi) is 34.8. The van der Waals surface area contributed by atoms with E-state index in [0.29, 0.717) is 18.6 Å². The van der Waals surface area contributed by atoms with E-state index in [1.165, 1.54) is 70.6 Å². The summed E-state index contributed by atoms with van der Waals surface area (Å²) in [5.41, 5.74) is 0. The van der Waals surface area contributed by atoms with Crippen molar-refractivity contribution in [3.63, 3.8) is 0 Å². The molecule has 0 saturated heterocycles. The van der Waals surface area contributed by atoms with Gasteiger partial charge in [0.05, 0.1) is 13.0 Å². The van der Waals surface area contributed by atoms with E-state index in [-0.39, 0.29) is 63.9 Å². The number of esters is 2. The van der Waals surface area contributed by atoms with E-state index in [9.17, 15) is 14.8 Å². The first-order valence-corrected chi connectivity index (χ1v) is 15.9. The molecule has 0 fully saturated rings. The zero-order valence-corrected chi connectivity index (χ0v) is 28.9. The molecule has 220 valence electrons. The maximum Gasteiger partial charge on any atom is 1.00 e. The van der Waals surface area contributed by atoms with Gasteiger partial charge < -0.3 is 14.7 Å². The summed E-state index contributed by atoms with van der Waals surface area (Å²) in [5, 5.41) is 12.8. The Morgan fingerprint density at radius 3 is 1.61 bits per heavy atom. The summed E-state index contributed by atoms with van der Waals surface area (Å²) < 4.78 is 15.5. The monoisotopic (exact) mass is 586 g/mol. The molecular weight excluding hydrogens is 531 g/mol. The van der Waals surface area contributed by atoms with Crippen LogP contribution in [0.15, 0.2) is 0 Å². The van der Waals surface area contributed by atoms with Crippen molar-refractivity contribution in [3.05, 3.63) is 0 Å². The van der Waals surface area contributed by atoms with Gasteiger partial charge in [0.1, 0.15) is 11.4 Å². The number of carbonyl (C=O) groups excluding carboxylic acids is 2. The van der Waals surface area contributed by atoms with Crippen LogP contribution in [0.5, 0.6) is 0 Å². The van der Waals surface area contributed by atoms with Gasteiger partial charge in [0.15, 0.2) is 0 Å². The summed E-state index contributed by atoms with van der Waals surface area (Å²) in [6.07, 6.45) is 21.9. The molecule has 0 aliphatic carbocycles. The van der Waals surface area contributed by atoms with Crippen LogP contribution >= 0.6 is 12.0 Å². The molecule has 0 saturated carbocycles. The Morgan fingerprint density at radius 1 is 0.684 bits per heavy atom. The minimum Gasteiger partial charge on any atom is -0.691 e. The van der Waals surface area contributed by atoms with Crippen molar-refractivity contribution in [1.29, 1.82) is 0 Å². The predicted molar refractivity (Wildman–Crippen MR) is 148 cm³/mol. The van der Waals surface area contributed by atoms with Crippen LogP contribution in [0.25, 0.3) is 0 Å². The third kappa shape index (κ3) is 27.0. The molecule has 1 atom stereocenters. The summed E-state index contributed by atoms with van der Waals surface area (Å²) in [6, 6.07) is 0. The van der Waals surface area contributed by atoms with E-state index in [2.05, 4.69) is 30.1 Å². The van der Waals surface area contributed by atoms with E-state index in [1.54, 1.807) is 0 Å². The number of hydrogen-bond donors (Lipinski definition) is 0. The number of carbonyl (C=O) groups is 2. The summed E-state index contributed by atoms with van der Waals surface area (Å²) in [4.78, 5) is 25.2. The normalized spacial score (nSPS) is 11.8. The average molecular weight is 587 g/mol. The molecule has 0 radical (unpaired) electrons. The fourth-order valence-electron chi connectivity index (χ4n) is 4.31. The first-order valence-electron chi connectivity index (χ1n) is 15.1. The molecule has 38 heavy (non-hydrogen) atoms. The quantitative estimate of drug-likeness (QED) is 0.0318. The van der Waals surface area contributed by atoms with Crippen molar-refractivity contribution in [3.8, 4) is 0 Å². The standard InChI is InChI=1S/C29H56O7S.K/c1-4-7-10-13-16-19-22-26(23-20-17-14-11-8-5-2)34-29(31)27(37-36-35-32)25-28(30)33-24-21-18-15-12-9-6-3;/h26-27,32H,4-25H2,1-3H3;/q;+1/p-1. The van der Waals surface area contributed by atoms with Gasteiger partial charge in [-0.15, -0.1) is 0 Å². The van der Waals surface area contributed by atoms with E-state index in [4.69, 9.17) is 9.47 Å². The summed E-state index contributed by atoms with van der Waals surface area (Å²) in [5.74, 6) is -1.05. The predicted octanol–water partition coefficient (Wildman–Crippen LogP) is 4.94. The summed E-state index contributed by atoms with van der Waals surface area (Å²) in [6.45, 7) is 6.91. The molecule has 0 bridgehead atoms. The van der Waals surface area contributed by atoms with Crippen LogP contribution in [0.2, 0.25) is 0 Å². The molecule has 9 heteroatoms. The minimum atomic E-state index is -0.998. The Hall–Kier alpha value is 0.806. The van der Waals surface area contributed by atoms with Gasteiger partial charge in [0, 0.05) is 12.0 Å². The molecule has 1 unspecified atom stereocenters. The van der Waals surface area contributed by atoms with Gasteiger partial charge in [0.25, 0.3) is 0 Å². The van der Waals surface area contributed by atoms with Crippen molar-refractivity contribution >= 4 is 24.0 Å². The third-order valence-corrected chi connectivity index (χ3v) is 7.33. The van der Waals surface area contributed by atoms with Crippen LogP contribution in [0.1, 0.15) is 156 Å². The van der Waals surface area contributed by atoms with Gasteiger partial charge >= 0.3 is 63.3 Å². The number of unbranched alkanes of at least 4 members (excludes halogenated alkanes) is 15. The smallest absolute Gasteiger partial charge is 0.691 e. The van der Waals surface area contributed by atoms with E-state index < -0.39 is 17.2 Å².